The zero-order valence-corrected chi connectivity index (χ0v) is 33.2. The molecule has 0 spiro atoms. The Morgan fingerprint density at radius 3 is 2.47 bits per heavy atom. The number of carbonyl (C=O) groups is 2. The summed E-state index contributed by atoms with van der Waals surface area (Å²) >= 11 is 0. The lowest BCUT2D eigenvalue weighted by Crippen LogP contribution is -2.33. The van der Waals surface area contributed by atoms with Gasteiger partial charge >= 0.3 is 17.2 Å². The van der Waals surface area contributed by atoms with Gasteiger partial charge in [0, 0.05) is 11.5 Å². The third kappa shape index (κ3) is 8.46. The number of aromatic nitrogens is 8. The van der Waals surface area contributed by atoms with Gasteiger partial charge in [0.2, 0.25) is 11.9 Å². The predicted molar refractivity (Wildman–Crippen MR) is 203 cm³/mol. The van der Waals surface area contributed by atoms with Crippen molar-refractivity contribution in [1.29, 1.82) is 5.26 Å². The van der Waals surface area contributed by atoms with Gasteiger partial charge in [-0.05, 0) is 12.1 Å². The van der Waals surface area contributed by atoms with Crippen LogP contribution in [0.25, 0.3) is 22.3 Å². The number of benzene rings is 1. The van der Waals surface area contributed by atoms with E-state index in [0.717, 1.165) is 12.7 Å². The largest absolute Gasteiger partial charge is 0.346 e. The van der Waals surface area contributed by atoms with Crippen molar-refractivity contribution in [3.05, 3.63) is 65.2 Å². The van der Waals surface area contributed by atoms with E-state index in [-0.39, 0.29) is 47.1 Å². The molecule has 60 heavy (non-hydrogen) atoms. The fourth-order valence-electron chi connectivity index (χ4n) is 6.44. The van der Waals surface area contributed by atoms with E-state index in [9.17, 15) is 19.3 Å². The molecule has 0 aliphatic carbocycles. The van der Waals surface area contributed by atoms with Gasteiger partial charge in [0.25, 0.3) is 11.5 Å². The first kappa shape index (κ1) is 41.7. The van der Waals surface area contributed by atoms with Crippen LogP contribution in [0, 0.1) is 17.2 Å². The third-order valence-corrected chi connectivity index (χ3v) is 11.4. The quantitative estimate of drug-likeness (QED) is 0.122. The number of nitrogens with one attached hydrogen (secondary N) is 3. The molecule has 4 aromatic heterocycles. The highest BCUT2D eigenvalue weighted by Crippen LogP contribution is 2.51. The van der Waals surface area contributed by atoms with Gasteiger partial charge in [-0.3, -0.25) is 33.8 Å². The number of nitrogens with zero attached hydrogens (tertiary/aromatic N) is 8. The Labute approximate surface area is 339 Å². The lowest BCUT2D eigenvalue weighted by molar-refractivity contribution is -0.118. The molecule has 1 aromatic carbocycles. The van der Waals surface area contributed by atoms with E-state index in [1.165, 1.54) is 15.5 Å². The molecule has 2 amide bonds. The second-order valence-electron chi connectivity index (χ2n) is 13.7. The number of aromatic amines is 1. The van der Waals surface area contributed by atoms with Crippen LogP contribution >= 0.6 is 17.2 Å². The molecule has 0 saturated carbocycles. The van der Waals surface area contributed by atoms with E-state index in [4.69, 9.17) is 37.4 Å². The molecule has 2 unspecified atom stereocenters. The second kappa shape index (κ2) is 17.9. The molecule has 3 fully saturated rings. The fraction of sp³-hybridized carbons (Fsp3) is 0.441. The van der Waals surface area contributed by atoms with Crippen molar-refractivity contribution in [3.63, 3.8) is 0 Å². The van der Waals surface area contributed by atoms with Gasteiger partial charge in [0.15, 0.2) is 52.9 Å². The molecule has 7 heterocycles. The Morgan fingerprint density at radius 1 is 0.967 bits per heavy atom. The van der Waals surface area contributed by atoms with Crippen LogP contribution in [0.15, 0.2) is 54.1 Å². The first-order valence-electron chi connectivity index (χ1n) is 18.3. The third-order valence-electron chi connectivity index (χ3n) is 9.43. The maximum absolute atomic E-state index is 16.7. The number of halogens is 2. The summed E-state index contributed by atoms with van der Waals surface area (Å²) in [6.07, 6.45) is -9.26. The smallest absolute Gasteiger partial charge is 0.333 e. The Morgan fingerprint density at radius 2 is 1.70 bits per heavy atom. The van der Waals surface area contributed by atoms with Crippen LogP contribution in [0.4, 0.5) is 20.5 Å². The van der Waals surface area contributed by atoms with Crippen molar-refractivity contribution in [3.8, 4) is 6.07 Å². The van der Waals surface area contributed by atoms with E-state index in [1.807, 2.05) is 6.07 Å². The number of carbonyl (C=O) groups excluding carboxylic acids is 2. The highest BCUT2D eigenvalue weighted by atomic mass is 31.2. The molecule has 10 atom stereocenters. The minimum atomic E-state index is -2.94. The number of hydrogen-bond acceptors (Lipinski definition) is 17. The molecule has 0 radical (unpaired) electrons. The van der Waals surface area contributed by atoms with Gasteiger partial charge in [-0.1, -0.05) is 32.0 Å². The molecular formula is C34H35F2N11O11P2. The average molecular weight is 874 g/mol. The zero-order valence-electron chi connectivity index (χ0n) is 31.4. The van der Waals surface area contributed by atoms with E-state index in [1.54, 1.807) is 44.2 Å². The number of anilines is 2. The molecule has 22 nitrogen and oxygen atoms in total. The number of rotatable bonds is 9. The topological polar surface area (TPSA) is 274 Å². The molecule has 26 heteroatoms. The van der Waals surface area contributed by atoms with Crippen LogP contribution in [0.5, 0.6) is 0 Å². The summed E-state index contributed by atoms with van der Waals surface area (Å²) in [6, 6.07) is 10.3. The molecule has 8 rings (SSSR count). The van der Waals surface area contributed by atoms with Crippen molar-refractivity contribution in [2.24, 2.45) is 5.92 Å². The average Bonchev–Trinajstić information content (AvgIpc) is 4.00. The minimum Gasteiger partial charge on any atom is -0.346 e. The summed E-state index contributed by atoms with van der Waals surface area (Å²) in [4.78, 5) is 72.8. The number of H-pyrrole nitrogens is 1. The first-order chi connectivity index (χ1) is 29.0. The number of hydrogen-bond donors (Lipinski definition) is 4. The van der Waals surface area contributed by atoms with Gasteiger partial charge in [-0.25, -0.2) is 28.7 Å². The standard InChI is InChI=1S/C34H35F2N11O11P2/c1-16(2)29(48)44-34-43-28-23(31(50)45-34)41-15-47(28)33-25-20(35)18(55-33)11-54-60(52-10-6-9-37)58-24-19(12-53-59(51)57-25)56-32(21(24)36)46-14-40-22-26(38-13-39-27(22)46)42-30(49)17-7-4-3-5-8-17/h3-5,7-8,13-16,18-21,24-25,32-33,51H,6,10-12H2,1-2H3,(H,38,39,42,49)(H2,43,44,45,48,50)/t18-,19-,20-,21+,24-,25-,32-,33-,59?,60?/m1/s1. The van der Waals surface area contributed by atoms with Crippen molar-refractivity contribution >= 4 is 63.1 Å². The van der Waals surface area contributed by atoms with Crippen molar-refractivity contribution in [1.82, 2.24) is 39.0 Å². The molecule has 3 saturated heterocycles. The Bertz CT molecular complexity index is 2460. The summed E-state index contributed by atoms with van der Waals surface area (Å²) in [5.74, 6) is -1.50. The van der Waals surface area contributed by atoms with Crippen molar-refractivity contribution in [2.45, 2.75) is 69.5 Å². The number of nitriles is 1. The monoisotopic (exact) mass is 873 g/mol. The van der Waals surface area contributed by atoms with E-state index < -0.39 is 103 Å². The number of fused-ring (bicyclic) bond motifs is 5. The lowest BCUT2D eigenvalue weighted by Gasteiger charge is -2.26. The Kier molecular flexibility index (Phi) is 12.4. The second-order valence-corrected chi connectivity index (χ2v) is 15.8. The Balaban J connectivity index is 1.06. The van der Waals surface area contributed by atoms with E-state index >= 15 is 8.78 Å². The van der Waals surface area contributed by atoms with Gasteiger partial charge < -0.3 is 42.3 Å². The number of amides is 2. The maximum atomic E-state index is 16.7. The Hall–Kier alpha value is -5.05. The summed E-state index contributed by atoms with van der Waals surface area (Å²) < 4.78 is 76.5. The summed E-state index contributed by atoms with van der Waals surface area (Å²) in [7, 11) is -5.47. The predicted octanol–water partition coefficient (Wildman–Crippen LogP) is 3.47. The highest BCUT2D eigenvalue weighted by molar-refractivity contribution is 7.41. The normalized spacial score (nSPS) is 28.4. The van der Waals surface area contributed by atoms with E-state index in [2.05, 4.69) is 40.5 Å². The maximum Gasteiger partial charge on any atom is 0.333 e. The van der Waals surface area contributed by atoms with Gasteiger partial charge in [0.1, 0.15) is 30.7 Å². The molecule has 4 N–H and O–H groups in total. The lowest BCUT2D eigenvalue weighted by atomic mass is 10.1. The van der Waals surface area contributed by atoms with Gasteiger partial charge in [0.05, 0.1) is 45.0 Å². The minimum absolute atomic E-state index is 0.0555. The summed E-state index contributed by atoms with van der Waals surface area (Å²) in [5.41, 5.74) is -0.397. The van der Waals surface area contributed by atoms with E-state index in [0.29, 0.717) is 5.56 Å². The molecule has 3 aliphatic heterocycles. The summed E-state index contributed by atoms with van der Waals surface area (Å²) in [5, 5.41) is 14.3. The van der Waals surface area contributed by atoms with Crippen LogP contribution in [-0.2, 0) is 36.9 Å². The molecule has 2 bridgehead atoms. The fourth-order valence-corrected chi connectivity index (χ4v) is 8.36. The molecular weight excluding hydrogens is 838 g/mol. The van der Waals surface area contributed by atoms with Crippen molar-refractivity contribution in [2.75, 3.05) is 30.5 Å². The van der Waals surface area contributed by atoms with Gasteiger partial charge in [-0.15, -0.1) is 0 Å². The number of imidazole rings is 2. The van der Waals surface area contributed by atoms with Crippen molar-refractivity contribution < 1.29 is 55.4 Å². The zero-order chi connectivity index (χ0) is 42.1. The highest BCUT2D eigenvalue weighted by Gasteiger charge is 2.53. The number of ether oxygens (including phenoxy) is 2. The number of alkyl halides is 2. The van der Waals surface area contributed by atoms with Crippen LogP contribution in [0.2, 0.25) is 0 Å². The SMILES string of the molecule is CC(C)C(=O)Nc1nc2c(ncn2[C@@H]2O[C@@H]3COP(OCCC#N)O[C@H]4[C@H](F)[C@H](n5cnc6c(NC(=O)c7ccccc7)ncnc65)O[C@@H]4COP(O)O[C@@H]2[C@@H]3F)c(=O)[nH]1. The van der Waals surface area contributed by atoms with Crippen LogP contribution in [-0.4, -0.2) is 112 Å². The molecule has 316 valence electrons. The van der Waals surface area contributed by atoms with Crippen LogP contribution in [0.3, 0.4) is 0 Å². The first-order valence-corrected chi connectivity index (χ1v) is 20.5. The van der Waals surface area contributed by atoms with Crippen LogP contribution < -0.4 is 16.2 Å². The van der Waals surface area contributed by atoms with Crippen LogP contribution in [0.1, 0.15) is 43.1 Å². The molecule has 3 aliphatic rings. The molecule has 5 aromatic rings. The van der Waals surface area contributed by atoms with Gasteiger partial charge in [-0.2, -0.15) is 10.2 Å². The summed E-state index contributed by atoms with van der Waals surface area (Å²) in [6.45, 7) is 1.97.